The molecule has 39 heavy (non-hydrogen) atoms. The number of nitro benzene ring substituents is 2. The van der Waals surface area contributed by atoms with Gasteiger partial charge < -0.3 is 10.6 Å². The summed E-state index contributed by atoms with van der Waals surface area (Å²) in [5, 5.41) is 27.5. The second kappa shape index (κ2) is 11.7. The van der Waals surface area contributed by atoms with Crippen molar-refractivity contribution in [3.05, 3.63) is 137 Å². The SMILES string of the molecule is O=C(Nc1ccc(Cc2ccc(NC(=O)c3cc([N+](=O)[O-])ccc3Cl)cc2)cc1)c1cc([N+](=O)[O-])ccc1Cl. The quantitative estimate of drug-likeness (QED) is 0.176. The molecule has 12 heteroatoms. The molecule has 2 amide bonds. The summed E-state index contributed by atoms with van der Waals surface area (Å²) in [5.41, 5.74) is 2.39. The fourth-order valence-corrected chi connectivity index (χ4v) is 4.05. The number of halogens is 2. The second-order valence-electron chi connectivity index (χ2n) is 8.32. The summed E-state index contributed by atoms with van der Waals surface area (Å²) in [5.74, 6) is -1.14. The van der Waals surface area contributed by atoms with Crippen molar-refractivity contribution in [2.75, 3.05) is 10.6 Å². The molecule has 4 aromatic rings. The van der Waals surface area contributed by atoms with Crippen LogP contribution in [0.5, 0.6) is 0 Å². The zero-order valence-corrected chi connectivity index (χ0v) is 21.4. The topological polar surface area (TPSA) is 144 Å². The number of benzene rings is 4. The number of rotatable bonds is 8. The van der Waals surface area contributed by atoms with E-state index in [0.717, 1.165) is 23.3 Å². The zero-order valence-electron chi connectivity index (χ0n) is 19.9. The van der Waals surface area contributed by atoms with Crippen molar-refractivity contribution >= 4 is 57.8 Å². The van der Waals surface area contributed by atoms with Crippen LogP contribution in [-0.2, 0) is 6.42 Å². The van der Waals surface area contributed by atoms with Gasteiger partial charge in [0, 0.05) is 35.6 Å². The van der Waals surface area contributed by atoms with Crippen molar-refractivity contribution in [3.63, 3.8) is 0 Å². The molecule has 2 N–H and O–H groups in total. The number of nitrogens with one attached hydrogen (secondary N) is 2. The van der Waals surface area contributed by atoms with Crippen LogP contribution in [0.1, 0.15) is 31.8 Å². The first kappa shape index (κ1) is 27.2. The molecule has 0 heterocycles. The van der Waals surface area contributed by atoms with Crippen LogP contribution in [0, 0.1) is 20.2 Å². The van der Waals surface area contributed by atoms with Crippen LogP contribution in [0.4, 0.5) is 22.7 Å². The van der Waals surface area contributed by atoms with Gasteiger partial charge in [0.2, 0.25) is 0 Å². The Kier molecular flexibility index (Phi) is 8.18. The number of hydrogen-bond donors (Lipinski definition) is 2. The third-order valence-electron chi connectivity index (χ3n) is 5.64. The van der Waals surface area contributed by atoms with Crippen molar-refractivity contribution in [1.82, 2.24) is 0 Å². The fourth-order valence-electron chi connectivity index (χ4n) is 3.65. The lowest BCUT2D eigenvalue weighted by Crippen LogP contribution is -2.13. The fraction of sp³-hybridized carbons (Fsp3) is 0.0370. The van der Waals surface area contributed by atoms with Gasteiger partial charge in [-0.15, -0.1) is 0 Å². The minimum Gasteiger partial charge on any atom is -0.322 e. The van der Waals surface area contributed by atoms with Gasteiger partial charge in [-0.05, 0) is 53.9 Å². The van der Waals surface area contributed by atoms with Crippen molar-refractivity contribution in [3.8, 4) is 0 Å². The third kappa shape index (κ3) is 6.75. The van der Waals surface area contributed by atoms with Crippen LogP contribution >= 0.6 is 23.2 Å². The first-order valence-corrected chi connectivity index (χ1v) is 12.0. The average Bonchev–Trinajstić information content (AvgIpc) is 2.91. The Morgan fingerprint density at radius 2 is 0.974 bits per heavy atom. The van der Waals surface area contributed by atoms with Gasteiger partial charge in [-0.25, -0.2) is 0 Å². The van der Waals surface area contributed by atoms with Gasteiger partial charge in [0.1, 0.15) is 0 Å². The number of carbonyl (C=O) groups is 2. The molecule has 0 aliphatic heterocycles. The molecule has 0 aliphatic carbocycles. The summed E-state index contributed by atoms with van der Waals surface area (Å²) >= 11 is 12.1. The molecule has 196 valence electrons. The molecule has 0 bridgehead atoms. The van der Waals surface area contributed by atoms with E-state index in [4.69, 9.17) is 23.2 Å². The van der Waals surface area contributed by atoms with Gasteiger partial charge in [-0.1, -0.05) is 47.5 Å². The Morgan fingerprint density at radius 1 is 0.615 bits per heavy atom. The monoisotopic (exact) mass is 564 g/mol. The number of carbonyl (C=O) groups excluding carboxylic acids is 2. The van der Waals surface area contributed by atoms with E-state index in [0.29, 0.717) is 17.8 Å². The summed E-state index contributed by atoms with van der Waals surface area (Å²) in [6.07, 6.45) is 0.565. The van der Waals surface area contributed by atoms with Gasteiger partial charge in [-0.3, -0.25) is 29.8 Å². The van der Waals surface area contributed by atoms with Crippen molar-refractivity contribution in [1.29, 1.82) is 0 Å². The molecule has 4 rings (SSSR count). The average molecular weight is 565 g/mol. The normalized spacial score (nSPS) is 10.5. The first-order valence-electron chi connectivity index (χ1n) is 11.3. The number of amides is 2. The van der Waals surface area contributed by atoms with Gasteiger partial charge in [-0.2, -0.15) is 0 Å². The molecule has 10 nitrogen and oxygen atoms in total. The second-order valence-corrected chi connectivity index (χ2v) is 9.14. The highest BCUT2D eigenvalue weighted by Crippen LogP contribution is 2.25. The standard InChI is InChI=1S/C27H18Cl2N4O6/c28-24-11-9-20(32(36)37)14-22(24)26(34)30-18-5-1-16(2-6-18)13-17-3-7-19(8-4-17)31-27(35)23-15-21(33(38)39)10-12-25(23)29/h1-12,14-15H,13H2,(H,30,34)(H,31,35). The maximum Gasteiger partial charge on any atom is 0.270 e. The van der Waals surface area contributed by atoms with E-state index in [-0.39, 0.29) is 32.5 Å². The van der Waals surface area contributed by atoms with Gasteiger partial charge in [0.25, 0.3) is 23.2 Å². The van der Waals surface area contributed by atoms with Crippen LogP contribution < -0.4 is 10.6 Å². The van der Waals surface area contributed by atoms with Crippen LogP contribution in [0.2, 0.25) is 10.0 Å². The predicted octanol–water partition coefficient (Wildman–Crippen LogP) is 6.91. The maximum atomic E-state index is 12.6. The molecule has 0 radical (unpaired) electrons. The highest BCUT2D eigenvalue weighted by Gasteiger charge is 2.17. The first-order chi connectivity index (χ1) is 18.6. The Balaban J connectivity index is 1.37. The predicted molar refractivity (Wildman–Crippen MR) is 148 cm³/mol. The van der Waals surface area contributed by atoms with E-state index in [9.17, 15) is 29.8 Å². The van der Waals surface area contributed by atoms with E-state index < -0.39 is 21.7 Å². The highest BCUT2D eigenvalue weighted by atomic mass is 35.5. The Hall–Kier alpha value is -4.80. The number of nitro groups is 2. The highest BCUT2D eigenvalue weighted by molar-refractivity contribution is 6.35. The molecule has 0 aliphatic rings. The molecule has 0 unspecified atom stereocenters. The lowest BCUT2D eigenvalue weighted by atomic mass is 10.0. The summed E-state index contributed by atoms with van der Waals surface area (Å²) in [6, 6.07) is 21.4. The van der Waals surface area contributed by atoms with Crippen LogP contribution in [-0.4, -0.2) is 21.7 Å². The lowest BCUT2D eigenvalue weighted by molar-refractivity contribution is -0.385. The summed E-state index contributed by atoms with van der Waals surface area (Å²) in [4.78, 5) is 45.9. The number of non-ortho nitro benzene ring substituents is 2. The maximum absolute atomic E-state index is 12.6. The molecule has 0 aromatic heterocycles. The summed E-state index contributed by atoms with van der Waals surface area (Å²) in [7, 11) is 0. The molecule has 0 atom stereocenters. The van der Waals surface area contributed by atoms with Crippen LogP contribution in [0.3, 0.4) is 0 Å². The summed E-state index contributed by atoms with van der Waals surface area (Å²) in [6.45, 7) is 0. The molecule has 0 spiro atoms. The Labute approximate surface area is 231 Å². The summed E-state index contributed by atoms with van der Waals surface area (Å²) < 4.78 is 0. The molecular formula is C27H18Cl2N4O6. The van der Waals surface area contributed by atoms with E-state index in [1.54, 1.807) is 24.3 Å². The molecule has 4 aromatic carbocycles. The van der Waals surface area contributed by atoms with E-state index in [1.165, 1.54) is 24.3 Å². The minimum absolute atomic E-state index is 0.00474. The smallest absolute Gasteiger partial charge is 0.270 e. The zero-order chi connectivity index (χ0) is 28.1. The van der Waals surface area contributed by atoms with Crippen LogP contribution in [0.25, 0.3) is 0 Å². The lowest BCUT2D eigenvalue weighted by Gasteiger charge is -2.09. The number of hydrogen-bond acceptors (Lipinski definition) is 6. The van der Waals surface area contributed by atoms with Gasteiger partial charge in [0.15, 0.2) is 0 Å². The number of anilines is 2. The number of nitrogens with zero attached hydrogens (tertiary/aromatic N) is 2. The van der Waals surface area contributed by atoms with Crippen LogP contribution in [0.15, 0.2) is 84.9 Å². The Morgan fingerprint density at radius 3 is 1.31 bits per heavy atom. The third-order valence-corrected chi connectivity index (χ3v) is 6.30. The van der Waals surface area contributed by atoms with Crippen molar-refractivity contribution in [2.45, 2.75) is 6.42 Å². The van der Waals surface area contributed by atoms with Gasteiger partial charge in [0.05, 0.1) is 31.0 Å². The molecule has 0 fully saturated rings. The van der Waals surface area contributed by atoms with E-state index in [2.05, 4.69) is 10.6 Å². The van der Waals surface area contributed by atoms with Crippen molar-refractivity contribution in [2.24, 2.45) is 0 Å². The van der Waals surface area contributed by atoms with Crippen molar-refractivity contribution < 1.29 is 19.4 Å². The van der Waals surface area contributed by atoms with Gasteiger partial charge >= 0.3 is 0 Å². The van der Waals surface area contributed by atoms with E-state index >= 15 is 0 Å². The largest absolute Gasteiger partial charge is 0.322 e. The molecule has 0 saturated heterocycles. The van der Waals surface area contributed by atoms with E-state index in [1.807, 2.05) is 24.3 Å². The molecular weight excluding hydrogens is 547 g/mol. The molecule has 0 saturated carbocycles. The minimum atomic E-state index is -0.602. The Bertz CT molecular complexity index is 1470.